The first kappa shape index (κ1) is 32.4. The monoisotopic (exact) mass is 618 g/mol. The number of aryl methyl sites for hydroxylation is 2. The minimum atomic E-state index is -1.49. The van der Waals surface area contributed by atoms with Crippen molar-refractivity contribution in [2.45, 2.75) is 79.1 Å². The van der Waals surface area contributed by atoms with E-state index in [1.165, 1.54) is 17.2 Å². The summed E-state index contributed by atoms with van der Waals surface area (Å²) in [6.07, 6.45) is 16.0. The van der Waals surface area contributed by atoms with Crippen molar-refractivity contribution in [3.8, 4) is 0 Å². The van der Waals surface area contributed by atoms with Gasteiger partial charge < -0.3 is 20.2 Å². The van der Waals surface area contributed by atoms with Crippen LogP contribution in [0.2, 0.25) is 0 Å². The van der Waals surface area contributed by atoms with E-state index in [4.69, 9.17) is 9.97 Å². The molecule has 0 amide bonds. The molecule has 0 aliphatic carbocycles. The maximum absolute atomic E-state index is 11.5. The zero-order valence-electron chi connectivity index (χ0n) is 27.0. The number of carboxylic acid groups (broad SMARTS) is 2. The van der Waals surface area contributed by atoms with Crippen molar-refractivity contribution in [3.05, 3.63) is 87.5 Å². The molecule has 8 nitrogen and oxygen atoms in total. The van der Waals surface area contributed by atoms with Crippen LogP contribution in [0.15, 0.2) is 48.1 Å². The van der Waals surface area contributed by atoms with Gasteiger partial charge in [0.2, 0.25) is 0 Å². The van der Waals surface area contributed by atoms with Crippen LogP contribution in [-0.4, -0.2) is 42.1 Å². The second-order valence-electron chi connectivity index (χ2n) is 11.8. The molecular formula is C38H42N4O4. The Morgan fingerprint density at radius 2 is 1.26 bits per heavy atom. The first-order valence-corrected chi connectivity index (χ1v) is 16.3. The number of nitrogens with one attached hydrogen (secondary N) is 2. The van der Waals surface area contributed by atoms with Gasteiger partial charge in [-0.25, -0.2) is 19.6 Å². The third-order valence-corrected chi connectivity index (χ3v) is 8.21. The van der Waals surface area contributed by atoms with Crippen LogP contribution in [0.5, 0.6) is 0 Å². The molecule has 5 rings (SSSR count). The number of rotatable bonds is 12. The number of nitrogens with zero attached hydrogens (tertiary/aromatic N) is 2. The summed E-state index contributed by atoms with van der Waals surface area (Å²) in [5, 5.41) is 18.8. The van der Waals surface area contributed by atoms with Crippen molar-refractivity contribution in [1.29, 1.82) is 0 Å². The van der Waals surface area contributed by atoms with Crippen LogP contribution in [0.25, 0.3) is 51.4 Å². The Balaban J connectivity index is 1.91. The molecule has 0 aromatic carbocycles. The second-order valence-corrected chi connectivity index (χ2v) is 11.8. The maximum atomic E-state index is 11.5. The average Bonchev–Trinajstić information content (AvgIpc) is 3.80. The number of aromatic amines is 2. The van der Waals surface area contributed by atoms with Gasteiger partial charge in [-0.1, -0.05) is 65.5 Å². The normalized spacial score (nSPS) is 12.7. The molecule has 46 heavy (non-hydrogen) atoms. The van der Waals surface area contributed by atoms with E-state index in [-0.39, 0.29) is 0 Å². The number of carboxylic acids is 2. The lowest BCUT2D eigenvalue weighted by Gasteiger charge is -2.03. The quantitative estimate of drug-likeness (QED) is 0.0693. The number of carbonyl (C=O) groups is 2. The Morgan fingerprint density at radius 1 is 0.696 bits per heavy atom. The van der Waals surface area contributed by atoms with Crippen LogP contribution in [0.4, 0.5) is 0 Å². The van der Waals surface area contributed by atoms with Gasteiger partial charge in [0.25, 0.3) is 0 Å². The van der Waals surface area contributed by atoms with Crippen LogP contribution < -0.4 is 0 Å². The maximum Gasteiger partial charge on any atom is 0.343 e. The molecular weight excluding hydrogens is 576 g/mol. The number of H-pyrrole nitrogens is 2. The molecule has 0 saturated heterocycles. The topological polar surface area (TPSA) is 132 Å². The number of hydrogen-bond acceptors (Lipinski definition) is 4. The molecule has 0 atom stereocenters. The van der Waals surface area contributed by atoms with Gasteiger partial charge in [0.1, 0.15) is 5.57 Å². The summed E-state index contributed by atoms with van der Waals surface area (Å²) in [7, 11) is 0. The summed E-state index contributed by atoms with van der Waals surface area (Å²) in [5.41, 5.74) is 12.0. The molecule has 8 heteroatoms. The minimum absolute atomic E-state index is 0.708. The lowest BCUT2D eigenvalue weighted by Crippen LogP contribution is -2.10. The van der Waals surface area contributed by atoms with Crippen LogP contribution in [0.3, 0.4) is 0 Å². The first-order chi connectivity index (χ1) is 22.3. The molecule has 3 aromatic rings. The highest BCUT2D eigenvalue weighted by Gasteiger charge is 2.18. The molecule has 0 radical (unpaired) electrons. The molecule has 0 spiro atoms. The van der Waals surface area contributed by atoms with Crippen molar-refractivity contribution in [3.63, 3.8) is 0 Å². The van der Waals surface area contributed by atoms with Gasteiger partial charge in [0.05, 0.1) is 33.8 Å². The highest BCUT2D eigenvalue weighted by molar-refractivity contribution is 6.12. The Hall–Kier alpha value is -4.98. The lowest BCUT2D eigenvalue weighted by molar-refractivity contribution is -0.140. The molecule has 238 valence electrons. The minimum Gasteiger partial charge on any atom is -0.477 e. The number of aliphatic carboxylic acids is 2. The van der Waals surface area contributed by atoms with Crippen LogP contribution in [0, 0.1) is 0 Å². The number of allylic oxidation sites excluding steroid dienone is 4. The summed E-state index contributed by atoms with van der Waals surface area (Å²) in [5.74, 6) is -2.99. The van der Waals surface area contributed by atoms with Crippen LogP contribution >= 0.6 is 0 Å². The van der Waals surface area contributed by atoms with E-state index in [0.717, 1.165) is 119 Å². The molecule has 0 saturated carbocycles. The zero-order valence-corrected chi connectivity index (χ0v) is 27.0. The first-order valence-electron chi connectivity index (χ1n) is 16.3. The fourth-order valence-electron chi connectivity index (χ4n) is 6.06. The van der Waals surface area contributed by atoms with Gasteiger partial charge in [0, 0.05) is 16.6 Å². The van der Waals surface area contributed by atoms with Gasteiger partial charge in [-0.15, -0.1) is 0 Å². The Labute approximate surface area is 269 Å². The Kier molecular flexibility index (Phi) is 10.2. The van der Waals surface area contributed by atoms with Gasteiger partial charge in [-0.05, 0) is 96.5 Å². The van der Waals surface area contributed by atoms with Crippen molar-refractivity contribution < 1.29 is 19.8 Å². The van der Waals surface area contributed by atoms with Crippen LogP contribution in [0.1, 0.15) is 106 Å². The summed E-state index contributed by atoms with van der Waals surface area (Å²) in [6.45, 7) is 8.62. The predicted octanol–water partition coefficient (Wildman–Crippen LogP) is 9.01. The fourth-order valence-corrected chi connectivity index (χ4v) is 6.06. The van der Waals surface area contributed by atoms with E-state index in [2.05, 4.69) is 74.1 Å². The van der Waals surface area contributed by atoms with Crippen molar-refractivity contribution in [2.24, 2.45) is 0 Å². The summed E-state index contributed by atoms with van der Waals surface area (Å²) in [4.78, 5) is 40.6. The third kappa shape index (κ3) is 6.96. The molecule has 5 heterocycles. The van der Waals surface area contributed by atoms with E-state index in [1.54, 1.807) is 6.08 Å². The predicted molar refractivity (Wildman–Crippen MR) is 187 cm³/mol. The van der Waals surface area contributed by atoms with Gasteiger partial charge in [-0.2, -0.15) is 0 Å². The Morgan fingerprint density at radius 3 is 1.89 bits per heavy atom. The zero-order chi connectivity index (χ0) is 32.8. The molecule has 0 unspecified atom stereocenters. The largest absolute Gasteiger partial charge is 0.477 e. The van der Waals surface area contributed by atoms with Gasteiger partial charge >= 0.3 is 11.9 Å². The molecule has 2 aliphatic rings. The van der Waals surface area contributed by atoms with Gasteiger partial charge in [0.15, 0.2) is 0 Å². The fraction of sp³-hybridized carbons (Fsp3) is 0.316. The van der Waals surface area contributed by atoms with E-state index in [1.807, 2.05) is 6.07 Å². The van der Waals surface area contributed by atoms with E-state index >= 15 is 0 Å². The summed E-state index contributed by atoms with van der Waals surface area (Å²) in [6, 6.07) is 10.6. The van der Waals surface area contributed by atoms with Crippen LogP contribution in [-0.2, 0) is 22.4 Å². The molecule has 3 aromatic heterocycles. The van der Waals surface area contributed by atoms with E-state index in [0.29, 0.717) is 0 Å². The van der Waals surface area contributed by atoms with Crippen molar-refractivity contribution in [1.82, 2.24) is 19.9 Å². The molecule has 4 N–H and O–H groups in total. The standard InChI is InChI=1S/C38H42N4O4/c1-5-10-23-18-32-33-20-25(12-7-3)31(41-33)21-27(14-9-15-28(37(43)44)38(45)46)36-26(13-8-4)22-35(42-36)34-19-24(11-6-2)30(40-34)17-16-29(23)39-32/h9,14-22,40-41H,5-8,10-13H2,1-4H3,(H,43,44)(H,45,46)/b14-9+,17-16?,27-21?,29-16?,30-17?,31-21?,33-32?,35-34?,36-27?. The van der Waals surface area contributed by atoms with E-state index in [9.17, 15) is 19.8 Å². The summed E-state index contributed by atoms with van der Waals surface area (Å²) >= 11 is 0. The molecule has 2 aliphatic heterocycles. The second kappa shape index (κ2) is 14.4. The smallest absolute Gasteiger partial charge is 0.343 e. The number of fused-ring (bicyclic) bond motifs is 10. The highest BCUT2D eigenvalue weighted by Crippen LogP contribution is 2.33. The average molecular weight is 619 g/mol. The Bertz CT molecular complexity index is 1940. The number of hydrogen-bond donors (Lipinski definition) is 4. The highest BCUT2D eigenvalue weighted by atomic mass is 16.4. The van der Waals surface area contributed by atoms with Crippen molar-refractivity contribution in [2.75, 3.05) is 0 Å². The third-order valence-electron chi connectivity index (χ3n) is 8.21. The van der Waals surface area contributed by atoms with Gasteiger partial charge in [-0.3, -0.25) is 0 Å². The molecule has 0 fully saturated rings. The van der Waals surface area contributed by atoms with Crippen molar-refractivity contribution >= 4 is 63.4 Å². The van der Waals surface area contributed by atoms with E-state index < -0.39 is 17.5 Å². The lowest BCUT2D eigenvalue weighted by atomic mass is 10.0. The SMILES string of the molecule is CCCC1=Cc2nc1ccc1[nH]c(cc1CCC)c1nc(c(/C=C/C=C(C(=O)O)C(=O)O)cc3[nH]c2cc3CCC)C(CCC)=C1. The number of aromatic nitrogens is 4. The molecule has 8 bridgehead atoms. The summed E-state index contributed by atoms with van der Waals surface area (Å²) < 4.78 is 0.